The highest BCUT2D eigenvalue weighted by molar-refractivity contribution is 6.00. The summed E-state index contributed by atoms with van der Waals surface area (Å²) >= 11 is 0. The Morgan fingerprint density at radius 2 is 2.17 bits per heavy atom. The maximum absolute atomic E-state index is 13.1. The molecule has 1 amide bonds. The molecule has 1 fully saturated rings. The van der Waals surface area contributed by atoms with Gasteiger partial charge in [0.25, 0.3) is 17.1 Å². The Bertz CT molecular complexity index is 1120. The Morgan fingerprint density at radius 1 is 1.38 bits per heavy atom. The Balaban J connectivity index is 1.88. The van der Waals surface area contributed by atoms with E-state index in [1.165, 1.54) is 9.30 Å². The summed E-state index contributed by atoms with van der Waals surface area (Å²) in [6, 6.07) is 6.96. The standard InChI is InChI=1S/C20H24N6O3/c1-2-22-19(27)14-13-15-18(23-16-5-3-4-6-25(16)20(15)28)26(17(14)21)8-7-24-9-11-29-12-10-24/h3-6,13,21H,2,7-12H2,1H3,(H,22,27)/p+2. The maximum atomic E-state index is 13.1. The Labute approximate surface area is 167 Å². The number of morpholine rings is 1. The molecule has 1 aliphatic rings. The first-order valence-corrected chi connectivity index (χ1v) is 9.93. The van der Waals surface area contributed by atoms with Gasteiger partial charge in [-0.25, -0.2) is 4.57 Å². The lowest BCUT2D eigenvalue weighted by Gasteiger charge is -2.23. The summed E-state index contributed by atoms with van der Waals surface area (Å²) in [5, 5.41) is 3.15. The zero-order valence-electron chi connectivity index (χ0n) is 16.5. The zero-order chi connectivity index (χ0) is 20.4. The average Bonchev–Trinajstić information content (AvgIpc) is 2.74. The number of ether oxygens (including phenoxy) is 1. The summed E-state index contributed by atoms with van der Waals surface area (Å²) in [6.07, 6.45) is 1.68. The largest absolute Gasteiger partial charge is 0.370 e. The summed E-state index contributed by atoms with van der Waals surface area (Å²) in [5.41, 5.74) is 7.53. The quantitative estimate of drug-likeness (QED) is 0.354. The van der Waals surface area contributed by atoms with Gasteiger partial charge in [0.1, 0.15) is 37.1 Å². The number of aromatic nitrogens is 3. The van der Waals surface area contributed by atoms with Crippen molar-refractivity contribution in [3.8, 4) is 0 Å². The zero-order valence-corrected chi connectivity index (χ0v) is 16.5. The van der Waals surface area contributed by atoms with Crippen LogP contribution in [0.3, 0.4) is 0 Å². The van der Waals surface area contributed by atoms with E-state index in [2.05, 4.69) is 10.3 Å². The van der Waals surface area contributed by atoms with Gasteiger partial charge in [0.2, 0.25) is 11.5 Å². The fourth-order valence-electron chi connectivity index (χ4n) is 3.74. The molecule has 152 valence electrons. The van der Waals surface area contributed by atoms with Crippen molar-refractivity contribution in [3.63, 3.8) is 0 Å². The number of anilines is 1. The minimum atomic E-state index is -0.295. The molecule has 0 atom stereocenters. The van der Waals surface area contributed by atoms with Crippen LogP contribution in [0.15, 0.2) is 35.3 Å². The van der Waals surface area contributed by atoms with Crippen LogP contribution in [0.1, 0.15) is 17.3 Å². The molecule has 1 aliphatic heterocycles. The molecule has 9 nitrogen and oxygen atoms in total. The third kappa shape index (κ3) is 3.66. The van der Waals surface area contributed by atoms with Crippen LogP contribution in [0.25, 0.3) is 16.7 Å². The number of amides is 1. The number of nitrogen functional groups attached to an aromatic ring is 1. The van der Waals surface area contributed by atoms with Gasteiger partial charge >= 0.3 is 0 Å². The van der Waals surface area contributed by atoms with Gasteiger partial charge in [0.05, 0.1) is 13.2 Å². The second-order valence-electron chi connectivity index (χ2n) is 7.15. The molecule has 1 saturated heterocycles. The molecule has 4 N–H and O–H groups in total. The summed E-state index contributed by atoms with van der Waals surface area (Å²) in [4.78, 5) is 31.8. The van der Waals surface area contributed by atoms with Gasteiger partial charge in [-0.3, -0.25) is 14.0 Å². The molecule has 29 heavy (non-hydrogen) atoms. The van der Waals surface area contributed by atoms with E-state index in [0.717, 1.165) is 32.8 Å². The van der Waals surface area contributed by atoms with Crippen molar-refractivity contribution in [2.24, 2.45) is 0 Å². The van der Waals surface area contributed by atoms with Gasteiger partial charge in [0, 0.05) is 12.7 Å². The lowest BCUT2D eigenvalue weighted by Crippen LogP contribution is -3.14. The first kappa shape index (κ1) is 19.3. The van der Waals surface area contributed by atoms with Gasteiger partial charge < -0.3 is 20.7 Å². The Morgan fingerprint density at radius 3 is 2.93 bits per heavy atom. The Kier molecular flexibility index (Phi) is 5.41. The first-order chi connectivity index (χ1) is 14.1. The second kappa shape index (κ2) is 8.14. The highest BCUT2D eigenvalue weighted by Crippen LogP contribution is 2.14. The molecule has 3 aromatic rings. The average molecular weight is 398 g/mol. The molecule has 3 aromatic heterocycles. The number of rotatable bonds is 5. The molecule has 0 saturated carbocycles. The summed E-state index contributed by atoms with van der Waals surface area (Å²) < 4.78 is 8.71. The predicted octanol–water partition coefficient (Wildman–Crippen LogP) is -1.62. The normalized spacial score (nSPS) is 15.1. The van der Waals surface area contributed by atoms with Crippen molar-refractivity contribution in [1.29, 1.82) is 0 Å². The molecule has 0 radical (unpaired) electrons. The van der Waals surface area contributed by atoms with Crippen molar-refractivity contribution in [3.05, 3.63) is 46.4 Å². The van der Waals surface area contributed by atoms with Crippen molar-refractivity contribution >= 4 is 28.4 Å². The number of quaternary nitrogens is 1. The highest BCUT2D eigenvalue weighted by atomic mass is 16.5. The number of nitrogens with zero attached hydrogens (tertiary/aromatic N) is 3. The predicted molar refractivity (Wildman–Crippen MR) is 108 cm³/mol. The topological polar surface area (TPSA) is 107 Å². The smallest absolute Gasteiger partial charge is 0.278 e. The second-order valence-corrected chi connectivity index (χ2v) is 7.15. The molecule has 0 aliphatic carbocycles. The molecule has 0 bridgehead atoms. The van der Waals surface area contributed by atoms with E-state index in [0.29, 0.717) is 41.2 Å². The van der Waals surface area contributed by atoms with Crippen molar-refractivity contribution in [1.82, 2.24) is 14.7 Å². The minimum Gasteiger partial charge on any atom is -0.370 e. The van der Waals surface area contributed by atoms with Gasteiger partial charge in [-0.15, -0.1) is 0 Å². The molecular formula is C20H26N6O3+2. The highest BCUT2D eigenvalue weighted by Gasteiger charge is 2.25. The van der Waals surface area contributed by atoms with E-state index in [9.17, 15) is 9.59 Å². The number of hydrogen-bond donors (Lipinski definition) is 3. The van der Waals surface area contributed by atoms with Crippen LogP contribution in [0.2, 0.25) is 0 Å². The van der Waals surface area contributed by atoms with Crippen molar-refractivity contribution < 1.29 is 19.0 Å². The van der Waals surface area contributed by atoms with Crippen LogP contribution in [0, 0.1) is 0 Å². The fraction of sp³-hybridized carbons (Fsp3) is 0.400. The molecule has 4 rings (SSSR count). The lowest BCUT2D eigenvalue weighted by atomic mass is 10.1. The van der Waals surface area contributed by atoms with E-state index in [-0.39, 0.29) is 11.5 Å². The summed E-state index contributed by atoms with van der Waals surface area (Å²) in [7, 11) is 0. The molecular weight excluding hydrogens is 372 g/mol. The molecule has 0 spiro atoms. The number of pyridine rings is 2. The van der Waals surface area contributed by atoms with E-state index in [1.807, 2.05) is 13.0 Å². The number of nitrogens with one attached hydrogen (secondary N) is 2. The van der Waals surface area contributed by atoms with E-state index >= 15 is 0 Å². The summed E-state index contributed by atoms with van der Waals surface area (Å²) in [5.74, 6) is 0.0280. The molecule has 9 heteroatoms. The van der Waals surface area contributed by atoms with Gasteiger partial charge in [-0.05, 0) is 25.1 Å². The first-order valence-electron chi connectivity index (χ1n) is 9.93. The minimum absolute atomic E-state index is 0.219. The molecule has 0 unspecified atom stereocenters. The van der Waals surface area contributed by atoms with Crippen molar-refractivity contribution in [2.45, 2.75) is 13.5 Å². The monoisotopic (exact) mass is 398 g/mol. The number of hydrogen-bond acceptors (Lipinski definition) is 5. The third-order valence-corrected chi connectivity index (χ3v) is 5.33. The van der Waals surface area contributed by atoms with Crippen LogP contribution in [-0.4, -0.2) is 54.7 Å². The molecule has 4 heterocycles. The maximum Gasteiger partial charge on any atom is 0.278 e. The van der Waals surface area contributed by atoms with Gasteiger partial charge in [-0.1, -0.05) is 11.1 Å². The van der Waals surface area contributed by atoms with Crippen LogP contribution in [-0.2, 0) is 11.3 Å². The van der Waals surface area contributed by atoms with Crippen LogP contribution in [0.5, 0.6) is 0 Å². The number of carbonyl (C=O) groups excluding carboxylic acids is 1. The lowest BCUT2D eigenvalue weighted by molar-refractivity contribution is -0.923. The van der Waals surface area contributed by atoms with E-state index < -0.39 is 0 Å². The molecule has 0 aromatic carbocycles. The van der Waals surface area contributed by atoms with E-state index in [4.69, 9.17) is 10.5 Å². The third-order valence-electron chi connectivity index (χ3n) is 5.33. The fourth-order valence-corrected chi connectivity index (χ4v) is 3.74. The van der Waals surface area contributed by atoms with Gasteiger partial charge in [0.15, 0.2) is 0 Å². The van der Waals surface area contributed by atoms with Gasteiger partial charge in [-0.2, -0.15) is 0 Å². The Hall–Kier alpha value is -3.04. The number of fused-ring (bicyclic) bond motifs is 2. The number of carbonyl (C=O) groups is 1. The SMILES string of the molecule is CCNC(=O)c1cc2c(=O)n3ccccc3nc2[n+](CC[NH+]2CCOCC2)c1N. The van der Waals surface area contributed by atoms with Crippen molar-refractivity contribution in [2.75, 3.05) is 45.1 Å². The summed E-state index contributed by atoms with van der Waals surface area (Å²) in [6.45, 7) is 7.00. The van der Waals surface area contributed by atoms with Crippen LogP contribution < -0.4 is 26.1 Å². The number of nitrogens with two attached hydrogens (primary N) is 1. The van der Waals surface area contributed by atoms with Crippen LogP contribution in [0.4, 0.5) is 5.82 Å². The van der Waals surface area contributed by atoms with E-state index in [1.54, 1.807) is 29.0 Å². The van der Waals surface area contributed by atoms with Crippen LogP contribution >= 0.6 is 0 Å².